The molecule has 6 aliphatic rings. The summed E-state index contributed by atoms with van der Waals surface area (Å²) in [5, 5.41) is 3.53. The quantitative estimate of drug-likeness (QED) is 0.210. The lowest BCUT2D eigenvalue weighted by atomic mass is 9.87. The molecule has 12 nitrogen and oxygen atoms in total. The maximum Gasteiger partial charge on any atom is 0.255 e. The Morgan fingerprint density at radius 3 is 2.28 bits per heavy atom. The summed E-state index contributed by atoms with van der Waals surface area (Å²) in [6, 6.07) is 11.9. The molecule has 4 aromatic rings. The Kier molecular flexibility index (Phi) is 12.7. The number of rotatable bonds is 6. The zero-order valence-electron chi connectivity index (χ0n) is 34.7. The summed E-state index contributed by atoms with van der Waals surface area (Å²) in [5.41, 5.74) is 8.20. The zero-order chi connectivity index (χ0) is 41.9. The van der Waals surface area contributed by atoms with Crippen molar-refractivity contribution in [3.63, 3.8) is 0 Å². The fourth-order valence-corrected chi connectivity index (χ4v) is 10.3. The van der Waals surface area contributed by atoms with E-state index >= 15 is 0 Å². The Morgan fingerprint density at radius 1 is 0.850 bits per heavy atom. The number of nitrogens with zero attached hydrogens (tertiary/aromatic N) is 6. The number of fused-ring (bicyclic) bond motifs is 5. The van der Waals surface area contributed by atoms with Crippen molar-refractivity contribution in [2.75, 3.05) is 26.2 Å². The molecule has 1 saturated carbocycles. The molecular formula is C46H56F2N8O4. The van der Waals surface area contributed by atoms with Gasteiger partial charge in [-0.2, -0.15) is 0 Å². The SMILES string of the molecule is CC.FC(F)CN1CCc2c([nH]c3ccccc23)C1c1cncnc1.O=C1CCC(N2Cc3cc4c(cc3C2=O)CN(C2CCN(C(=O)C3CCCCC3)CC2)C4)C(=O)N1. The van der Waals surface area contributed by atoms with Gasteiger partial charge in [0.25, 0.3) is 12.3 Å². The van der Waals surface area contributed by atoms with Gasteiger partial charge in [0.15, 0.2) is 0 Å². The van der Waals surface area contributed by atoms with Crippen molar-refractivity contribution in [1.29, 1.82) is 0 Å². The zero-order valence-corrected chi connectivity index (χ0v) is 34.7. The number of halogens is 2. The van der Waals surface area contributed by atoms with Crippen LogP contribution >= 0.6 is 0 Å². The number of piperidine rings is 2. The summed E-state index contributed by atoms with van der Waals surface area (Å²) in [7, 11) is 0. The lowest BCUT2D eigenvalue weighted by Crippen LogP contribution is -2.52. The highest BCUT2D eigenvalue weighted by molar-refractivity contribution is 6.05. The average molecular weight is 823 g/mol. The van der Waals surface area contributed by atoms with Crippen molar-refractivity contribution < 1.29 is 28.0 Å². The van der Waals surface area contributed by atoms with Crippen molar-refractivity contribution in [3.05, 3.63) is 94.2 Å². The molecule has 2 saturated heterocycles. The van der Waals surface area contributed by atoms with Crippen LogP contribution in [0.5, 0.6) is 0 Å². The molecule has 0 bridgehead atoms. The van der Waals surface area contributed by atoms with Crippen LogP contribution in [0.15, 0.2) is 55.1 Å². The monoisotopic (exact) mass is 822 g/mol. The normalized spacial score (nSPS) is 22.4. The van der Waals surface area contributed by atoms with Crippen LogP contribution in [0.3, 0.4) is 0 Å². The minimum atomic E-state index is -2.37. The van der Waals surface area contributed by atoms with E-state index in [2.05, 4.69) is 42.2 Å². The standard InChI is InChI=1S/C27H34N4O4.C17H16F2N4.C2H6/c32-24-7-6-23(25(33)28-24)31-16-20-12-18-14-30(15-19(18)13-22(20)27(31)35)21-8-10-29(11-9-21)26(34)17-4-2-1-3-5-17;18-15(19)9-23-6-5-13-12-3-1-2-4-14(12)22-16(13)17(23)11-7-20-10-21-8-11;1-2/h12-13,17,21,23H,1-11,14-16H2,(H,28,32,33);1-4,7-8,10,15,17,22H,5-6,9H2;1-2H3. The Morgan fingerprint density at radius 2 is 1.57 bits per heavy atom. The lowest BCUT2D eigenvalue weighted by Gasteiger charge is -2.38. The summed E-state index contributed by atoms with van der Waals surface area (Å²) in [4.78, 5) is 69.5. The van der Waals surface area contributed by atoms with Gasteiger partial charge in [-0.25, -0.2) is 18.7 Å². The molecule has 2 atom stereocenters. The largest absolute Gasteiger partial charge is 0.357 e. The second-order valence-corrected chi connectivity index (χ2v) is 16.7. The lowest BCUT2D eigenvalue weighted by molar-refractivity contribution is -0.138. The molecule has 3 fully saturated rings. The molecule has 14 heteroatoms. The van der Waals surface area contributed by atoms with E-state index < -0.39 is 12.5 Å². The van der Waals surface area contributed by atoms with Crippen molar-refractivity contribution >= 4 is 34.5 Å². The van der Waals surface area contributed by atoms with Gasteiger partial charge in [0, 0.05) is 97.8 Å². The molecule has 2 aromatic heterocycles. The molecular weight excluding hydrogens is 767 g/mol. The number of hydrogen-bond donors (Lipinski definition) is 2. The number of hydrogen-bond acceptors (Lipinski definition) is 8. The molecule has 1 aliphatic carbocycles. The maximum atomic E-state index is 13.1. The smallest absolute Gasteiger partial charge is 0.255 e. The Balaban J connectivity index is 0.000000173. The number of carbonyl (C=O) groups excluding carboxylic acids is 4. The molecule has 60 heavy (non-hydrogen) atoms. The average Bonchev–Trinajstić information content (AvgIpc) is 3.96. The van der Waals surface area contributed by atoms with E-state index in [9.17, 15) is 28.0 Å². The first-order valence-electron chi connectivity index (χ1n) is 21.9. The van der Waals surface area contributed by atoms with Crippen LogP contribution in [0.4, 0.5) is 8.78 Å². The van der Waals surface area contributed by atoms with Crippen molar-refractivity contribution in [2.24, 2.45) is 5.92 Å². The predicted octanol–water partition coefficient (Wildman–Crippen LogP) is 6.53. The van der Waals surface area contributed by atoms with Gasteiger partial charge in [0.2, 0.25) is 17.7 Å². The molecule has 0 spiro atoms. The van der Waals surface area contributed by atoms with Crippen LogP contribution in [0.1, 0.15) is 122 Å². The van der Waals surface area contributed by atoms with Gasteiger partial charge in [0.05, 0.1) is 12.6 Å². The van der Waals surface area contributed by atoms with Crippen molar-refractivity contribution in [1.82, 2.24) is 39.9 Å². The molecule has 5 aliphatic heterocycles. The summed E-state index contributed by atoms with van der Waals surface area (Å²) in [6.45, 7) is 8.17. The number of aromatic amines is 1. The summed E-state index contributed by atoms with van der Waals surface area (Å²) in [5.74, 6) is -0.113. The molecule has 10 rings (SSSR count). The van der Waals surface area contributed by atoms with Crippen LogP contribution in [-0.4, -0.2) is 103 Å². The van der Waals surface area contributed by atoms with E-state index in [1.807, 2.05) is 38.1 Å². The highest BCUT2D eigenvalue weighted by Crippen LogP contribution is 2.39. The minimum Gasteiger partial charge on any atom is -0.357 e. The van der Waals surface area contributed by atoms with Gasteiger partial charge >= 0.3 is 0 Å². The third-order valence-electron chi connectivity index (χ3n) is 13.2. The number of likely N-dealkylation sites (tertiary alicyclic amines) is 1. The molecule has 7 heterocycles. The summed E-state index contributed by atoms with van der Waals surface area (Å²) in [6.07, 6.45) is 11.7. The van der Waals surface area contributed by atoms with Gasteiger partial charge < -0.3 is 14.8 Å². The Hall–Kier alpha value is -5.08. The van der Waals surface area contributed by atoms with Crippen molar-refractivity contribution in [3.8, 4) is 0 Å². The maximum absolute atomic E-state index is 13.1. The molecule has 2 aromatic carbocycles. The van der Waals surface area contributed by atoms with E-state index in [0.717, 1.165) is 80.6 Å². The fourth-order valence-electron chi connectivity index (χ4n) is 10.3. The first kappa shape index (κ1) is 41.6. The van der Waals surface area contributed by atoms with Gasteiger partial charge in [0.1, 0.15) is 12.4 Å². The first-order chi connectivity index (χ1) is 29.2. The van der Waals surface area contributed by atoms with E-state index in [0.29, 0.717) is 37.0 Å². The molecule has 4 amide bonds. The van der Waals surface area contributed by atoms with Crippen LogP contribution in [0, 0.1) is 5.92 Å². The van der Waals surface area contributed by atoms with Crippen molar-refractivity contribution in [2.45, 2.75) is 122 Å². The number of para-hydroxylation sites is 1. The second kappa shape index (κ2) is 18.3. The number of imide groups is 1. The number of nitrogens with one attached hydrogen (secondary N) is 2. The van der Waals surface area contributed by atoms with Crippen LogP contribution in [0.2, 0.25) is 0 Å². The van der Waals surface area contributed by atoms with Gasteiger partial charge in [-0.3, -0.25) is 34.3 Å². The second-order valence-electron chi connectivity index (χ2n) is 16.7. The predicted molar refractivity (Wildman–Crippen MR) is 223 cm³/mol. The Labute approximate surface area is 350 Å². The number of H-pyrrole nitrogens is 1. The highest BCUT2D eigenvalue weighted by Gasteiger charge is 2.41. The minimum absolute atomic E-state index is 0.106. The van der Waals surface area contributed by atoms with E-state index in [4.69, 9.17) is 0 Å². The molecule has 2 unspecified atom stereocenters. The number of amides is 4. The molecule has 0 radical (unpaired) electrons. The number of aromatic nitrogens is 3. The number of benzene rings is 2. The molecule has 318 valence electrons. The number of carbonyl (C=O) groups is 4. The van der Waals surface area contributed by atoms with E-state index in [1.54, 1.807) is 22.2 Å². The highest BCUT2D eigenvalue weighted by atomic mass is 19.3. The Bertz CT molecular complexity index is 2200. The first-order valence-corrected chi connectivity index (χ1v) is 21.9. The summed E-state index contributed by atoms with van der Waals surface area (Å²) < 4.78 is 26.0. The third-order valence-corrected chi connectivity index (χ3v) is 13.2. The van der Waals surface area contributed by atoms with E-state index in [1.165, 1.54) is 47.7 Å². The molecule has 2 N–H and O–H groups in total. The van der Waals surface area contributed by atoms with E-state index in [-0.39, 0.29) is 42.6 Å². The number of alkyl halides is 2. The summed E-state index contributed by atoms with van der Waals surface area (Å²) >= 11 is 0. The van der Waals surface area contributed by atoms with Crippen LogP contribution in [-0.2, 0) is 40.4 Å². The van der Waals surface area contributed by atoms with Gasteiger partial charge in [-0.1, -0.05) is 57.4 Å². The topological polar surface area (TPSA) is 135 Å². The fraction of sp³-hybridized carbons (Fsp3) is 0.522. The van der Waals surface area contributed by atoms with Crippen LogP contribution in [0.25, 0.3) is 10.9 Å². The van der Waals surface area contributed by atoms with Gasteiger partial charge in [-0.05, 0) is 72.9 Å². The third kappa shape index (κ3) is 8.45. The van der Waals surface area contributed by atoms with Gasteiger partial charge in [-0.15, -0.1) is 0 Å². The van der Waals surface area contributed by atoms with Crippen LogP contribution < -0.4 is 5.32 Å².